The second-order valence-corrected chi connectivity index (χ2v) is 3.57. The molecule has 1 amide bonds. The van der Waals surface area contributed by atoms with Crippen LogP contribution in [0.15, 0.2) is 24.3 Å². The summed E-state index contributed by atoms with van der Waals surface area (Å²) < 4.78 is 0.980. The first-order valence-corrected chi connectivity index (χ1v) is 5.63. The summed E-state index contributed by atoms with van der Waals surface area (Å²) in [5.41, 5.74) is 2.49. The van der Waals surface area contributed by atoms with Crippen LogP contribution in [-0.2, 0) is 15.8 Å². The molecular weight excluding hydrogens is 277 g/mol. The smallest absolute Gasteiger partial charge is 0.217 e. The maximum Gasteiger partial charge on any atom is 0.217 e. The highest BCUT2D eigenvalue weighted by Crippen LogP contribution is 2.12. The number of halogens is 1. The Hall–Kier alpha value is -0.580. The third-order valence-electron chi connectivity index (χ3n) is 1.79. The number of rotatable bonds is 3. The van der Waals surface area contributed by atoms with Crippen molar-refractivity contribution < 1.29 is 4.79 Å². The van der Waals surface area contributed by atoms with Crippen molar-refractivity contribution in [2.45, 2.75) is 17.9 Å². The van der Waals surface area contributed by atoms with Crippen molar-refractivity contribution in [3.8, 4) is 0 Å². The molecule has 3 heteroatoms. The summed E-state index contributed by atoms with van der Waals surface area (Å²) in [6.45, 7) is 2.17. The van der Waals surface area contributed by atoms with Gasteiger partial charge in [-0.3, -0.25) is 4.79 Å². The van der Waals surface area contributed by atoms with Crippen LogP contribution in [-0.4, -0.2) is 5.91 Å². The highest BCUT2D eigenvalue weighted by atomic mass is 127. The Morgan fingerprint density at radius 1 is 1.38 bits per heavy atom. The summed E-state index contributed by atoms with van der Waals surface area (Å²) in [7, 11) is 0. The molecule has 0 aliphatic carbocycles. The van der Waals surface area contributed by atoms with Crippen molar-refractivity contribution in [3.05, 3.63) is 35.4 Å². The number of amides is 1. The van der Waals surface area contributed by atoms with Crippen molar-refractivity contribution in [3.63, 3.8) is 0 Å². The van der Waals surface area contributed by atoms with Gasteiger partial charge in [0.05, 0.1) is 0 Å². The third kappa shape index (κ3) is 3.34. The van der Waals surface area contributed by atoms with Gasteiger partial charge in [0.1, 0.15) is 0 Å². The SMILES string of the molecule is CC(=O)NCc1ccccc1CI. The van der Waals surface area contributed by atoms with Crippen molar-refractivity contribution in [2.24, 2.45) is 0 Å². The minimum atomic E-state index is 0.0169. The molecule has 1 aromatic carbocycles. The molecule has 0 saturated heterocycles. The lowest BCUT2D eigenvalue weighted by Crippen LogP contribution is -2.19. The number of hydrogen-bond acceptors (Lipinski definition) is 1. The number of hydrogen-bond donors (Lipinski definition) is 1. The predicted molar refractivity (Wildman–Crippen MR) is 61.7 cm³/mol. The monoisotopic (exact) mass is 289 g/mol. The molecule has 0 spiro atoms. The summed E-state index contributed by atoms with van der Waals surface area (Å²) in [6.07, 6.45) is 0. The van der Waals surface area contributed by atoms with Crippen LogP contribution in [0, 0.1) is 0 Å². The summed E-state index contributed by atoms with van der Waals surface area (Å²) in [5, 5.41) is 2.79. The second kappa shape index (κ2) is 5.21. The van der Waals surface area contributed by atoms with E-state index in [4.69, 9.17) is 0 Å². The molecule has 0 radical (unpaired) electrons. The van der Waals surface area contributed by atoms with Gasteiger partial charge in [-0.05, 0) is 11.1 Å². The molecule has 0 fully saturated rings. The van der Waals surface area contributed by atoms with E-state index in [1.807, 2.05) is 18.2 Å². The molecule has 0 atom stereocenters. The maximum atomic E-state index is 10.7. The first-order chi connectivity index (χ1) is 6.24. The van der Waals surface area contributed by atoms with Crippen LogP contribution < -0.4 is 5.32 Å². The molecule has 13 heavy (non-hydrogen) atoms. The topological polar surface area (TPSA) is 29.1 Å². The largest absolute Gasteiger partial charge is 0.352 e. The molecule has 2 nitrogen and oxygen atoms in total. The molecule has 1 aromatic rings. The van der Waals surface area contributed by atoms with Gasteiger partial charge in [0.2, 0.25) is 5.91 Å². The van der Waals surface area contributed by atoms with Gasteiger partial charge in [0.15, 0.2) is 0 Å². The fourth-order valence-electron chi connectivity index (χ4n) is 1.08. The molecule has 0 bridgehead atoms. The zero-order valence-corrected chi connectivity index (χ0v) is 9.67. The normalized spacial score (nSPS) is 9.69. The van der Waals surface area contributed by atoms with Crippen LogP contribution in [0.1, 0.15) is 18.1 Å². The summed E-state index contributed by atoms with van der Waals surface area (Å²) in [5.74, 6) is 0.0169. The van der Waals surface area contributed by atoms with E-state index in [2.05, 4.69) is 34.0 Å². The summed E-state index contributed by atoms with van der Waals surface area (Å²) >= 11 is 2.32. The Morgan fingerprint density at radius 2 is 2.00 bits per heavy atom. The number of carbonyl (C=O) groups is 1. The molecule has 0 aliphatic rings. The van der Waals surface area contributed by atoms with E-state index in [0.717, 1.165) is 4.43 Å². The Morgan fingerprint density at radius 3 is 2.54 bits per heavy atom. The van der Waals surface area contributed by atoms with Gasteiger partial charge in [0.25, 0.3) is 0 Å². The molecular formula is C10H12INO. The molecule has 70 valence electrons. The minimum absolute atomic E-state index is 0.0169. The van der Waals surface area contributed by atoms with E-state index >= 15 is 0 Å². The van der Waals surface area contributed by atoms with Gasteiger partial charge >= 0.3 is 0 Å². The number of carbonyl (C=O) groups excluding carboxylic acids is 1. The van der Waals surface area contributed by atoms with E-state index < -0.39 is 0 Å². The fourth-order valence-corrected chi connectivity index (χ4v) is 1.82. The zero-order valence-electron chi connectivity index (χ0n) is 7.51. The van der Waals surface area contributed by atoms with Gasteiger partial charge in [-0.2, -0.15) is 0 Å². The fraction of sp³-hybridized carbons (Fsp3) is 0.300. The Bertz CT molecular complexity index is 299. The van der Waals surface area contributed by atoms with Crippen LogP contribution in [0.4, 0.5) is 0 Å². The van der Waals surface area contributed by atoms with Gasteiger partial charge in [0, 0.05) is 17.9 Å². The Balaban J connectivity index is 2.69. The first kappa shape index (κ1) is 10.5. The van der Waals surface area contributed by atoms with Crippen molar-refractivity contribution in [2.75, 3.05) is 0 Å². The first-order valence-electron chi connectivity index (χ1n) is 4.11. The van der Waals surface area contributed by atoms with E-state index in [9.17, 15) is 4.79 Å². The molecule has 0 aromatic heterocycles. The minimum Gasteiger partial charge on any atom is -0.352 e. The zero-order chi connectivity index (χ0) is 9.68. The van der Waals surface area contributed by atoms with Crippen LogP contribution in [0.25, 0.3) is 0 Å². The van der Waals surface area contributed by atoms with E-state index in [0.29, 0.717) is 6.54 Å². The third-order valence-corrected chi connectivity index (χ3v) is 2.61. The second-order valence-electron chi connectivity index (χ2n) is 2.81. The Kier molecular flexibility index (Phi) is 4.21. The highest BCUT2D eigenvalue weighted by Gasteiger charge is 1.99. The Labute approximate surface area is 91.9 Å². The maximum absolute atomic E-state index is 10.7. The lowest BCUT2D eigenvalue weighted by Gasteiger charge is -2.06. The number of nitrogens with one attached hydrogen (secondary N) is 1. The molecule has 0 unspecified atom stereocenters. The van der Waals surface area contributed by atoms with Crippen molar-refractivity contribution in [1.82, 2.24) is 5.32 Å². The van der Waals surface area contributed by atoms with Crippen molar-refractivity contribution >= 4 is 28.5 Å². The number of alkyl halides is 1. The average Bonchev–Trinajstić information content (AvgIpc) is 2.15. The molecule has 0 aliphatic heterocycles. The molecule has 1 N–H and O–H groups in total. The van der Waals surface area contributed by atoms with Crippen LogP contribution in [0.5, 0.6) is 0 Å². The molecule has 1 rings (SSSR count). The van der Waals surface area contributed by atoms with Gasteiger partial charge < -0.3 is 5.32 Å². The summed E-state index contributed by atoms with van der Waals surface area (Å²) in [4.78, 5) is 10.7. The standard InChI is InChI=1S/C10H12INO/c1-8(13)12-7-10-5-3-2-4-9(10)6-11/h2-5H,6-7H2,1H3,(H,12,13). The van der Waals surface area contributed by atoms with Gasteiger partial charge in [-0.1, -0.05) is 46.9 Å². The van der Waals surface area contributed by atoms with Crippen LogP contribution >= 0.6 is 22.6 Å². The molecule has 0 heterocycles. The lowest BCUT2D eigenvalue weighted by molar-refractivity contribution is -0.119. The van der Waals surface area contributed by atoms with Crippen LogP contribution in [0.3, 0.4) is 0 Å². The molecule has 0 saturated carbocycles. The van der Waals surface area contributed by atoms with Gasteiger partial charge in [-0.25, -0.2) is 0 Å². The van der Waals surface area contributed by atoms with E-state index in [-0.39, 0.29) is 5.91 Å². The van der Waals surface area contributed by atoms with E-state index in [1.54, 1.807) is 0 Å². The van der Waals surface area contributed by atoms with Crippen molar-refractivity contribution in [1.29, 1.82) is 0 Å². The highest BCUT2D eigenvalue weighted by molar-refractivity contribution is 14.1. The average molecular weight is 289 g/mol. The van der Waals surface area contributed by atoms with Gasteiger partial charge in [-0.15, -0.1) is 0 Å². The predicted octanol–water partition coefficient (Wildman–Crippen LogP) is 2.26. The quantitative estimate of drug-likeness (QED) is 0.671. The lowest BCUT2D eigenvalue weighted by atomic mass is 10.1. The summed E-state index contributed by atoms with van der Waals surface area (Å²) in [6, 6.07) is 8.14. The van der Waals surface area contributed by atoms with E-state index in [1.165, 1.54) is 18.1 Å². The van der Waals surface area contributed by atoms with Crippen LogP contribution in [0.2, 0.25) is 0 Å². The number of benzene rings is 1.